The van der Waals surface area contributed by atoms with Gasteiger partial charge in [0.15, 0.2) is 0 Å². The quantitative estimate of drug-likeness (QED) is 0.450. The van der Waals surface area contributed by atoms with Crippen molar-refractivity contribution in [3.05, 3.63) is 0 Å². The lowest BCUT2D eigenvalue weighted by molar-refractivity contribution is 0.137. The molecule has 2 bridgehead atoms. The smallest absolute Gasteiger partial charge is 0.126 e. The molecule has 2 saturated carbocycles. The molecule has 0 aliphatic heterocycles. The summed E-state index contributed by atoms with van der Waals surface area (Å²) in [6.07, 6.45) is 0.339. The second-order valence-corrected chi connectivity index (χ2v) is 9.92. The molecule has 19 heavy (non-hydrogen) atoms. The number of rotatable bonds is 3. The van der Waals surface area contributed by atoms with Crippen LogP contribution in [0.2, 0.25) is 0 Å². The fourth-order valence-corrected chi connectivity index (χ4v) is 9.10. The van der Waals surface area contributed by atoms with E-state index in [9.17, 15) is 0 Å². The lowest BCUT2D eigenvalue weighted by atomic mass is 9.69. The molecule has 3 unspecified atom stereocenters. The van der Waals surface area contributed by atoms with Crippen LogP contribution in [0.3, 0.4) is 0 Å². The van der Waals surface area contributed by atoms with Crippen molar-refractivity contribution in [2.24, 2.45) is 16.7 Å². The van der Waals surface area contributed by atoms with Gasteiger partial charge in [-0.25, -0.2) is 0 Å². The van der Waals surface area contributed by atoms with E-state index in [4.69, 9.17) is 104 Å². The van der Waals surface area contributed by atoms with E-state index >= 15 is 0 Å². The molecule has 5 atom stereocenters. The van der Waals surface area contributed by atoms with Gasteiger partial charge in [-0.1, -0.05) is 0 Å². The van der Waals surface area contributed by atoms with Gasteiger partial charge in [0.1, 0.15) is 14.0 Å². The Balaban J connectivity index is 2.74. The van der Waals surface area contributed by atoms with E-state index in [1.807, 2.05) is 0 Å². The monoisotopic (exact) mass is 444 g/mol. The highest BCUT2D eigenvalue weighted by Crippen LogP contribution is 2.79. The van der Waals surface area contributed by atoms with Crippen molar-refractivity contribution in [3.8, 4) is 0 Å². The Labute approximate surface area is 157 Å². The first-order chi connectivity index (χ1) is 8.61. The summed E-state index contributed by atoms with van der Waals surface area (Å²) in [7, 11) is 0. The maximum atomic E-state index is 6.46. The first-order valence-corrected chi connectivity index (χ1v) is 9.30. The summed E-state index contributed by atoms with van der Waals surface area (Å²) in [5.41, 5.74) is -2.12. The summed E-state index contributed by atoms with van der Waals surface area (Å²) in [6, 6.07) is 0. The van der Waals surface area contributed by atoms with Crippen LogP contribution in [0.4, 0.5) is 0 Å². The molecule has 2 fully saturated rings. The molecule has 0 nitrogen and oxygen atoms in total. The van der Waals surface area contributed by atoms with Gasteiger partial charge in [0.25, 0.3) is 0 Å². The van der Waals surface area contributed by atoms with Gasteiger partial charge in [-0.15, -0.1) is 104 Å². The molecule has 9 heteroatoms. The molecule has 0 spiro atoms. The summed E-state index contributed by atoms with van der Waals surface area (Å²) in [6.45, 7) is 0. The maximum absolute atomic E-state index is 6.46. The molecule has 112 valence electrons. The third-order valence-corrected chi connectivity index (χ3v) is 8.71. The van der Waals surface area contributed by atoms with Crippen LogP contribution in [0, 0.1) is 16.7 Å². The Morgan fingerprint density at radius 2 is 1.53 bits per heavy atom. The van der Waals surface area contributed by atoms with E-state index < -0.39 is 35.6 Å². The molecule has 2 aliphatic rings. The van der Waals surface area contributed by atoms with Crippen molar-refractivity contribution in [1.82, 2.24) is 0 Å². The Bertz CT molecular complexity index is 370. The van der Waals surface area contributed by atoms with Gasteiger partial charge in [-0.2, -0.15) is 0 Å². The fraction of sp³-hybridized carbons (Fsp3) is 1.00. The Morgan fingerprint density at radius 3 is 1.84 bits per heavy atom. The van der Waals surface area contributed by atoms with Gasteiger partial charge in [0, 0.05) is 11.3 Å². The highest BCUT2D eigenvalue weighted by Gasteiger charge is 2.84. The number of halogens is 9. The topological polar surface area (TPSA) is 0 Å². The average molecular weight is 448 g/mol. The van der Waals surface area contributed by atoms with Crippen LogP contribution in [0.1, 0.15) is 6.42 Å². The Morgan fingerprint density at radius 1 is 1.00 bits per heavy atom. The number of hydrogen-bond acceptors (Lipinski definition) is 0. The van der Waals surface area contributed by atoms with Gasteiger partial charge < -0.3 is 0 Å². The molecule has 0 aromatic heterocycles. The van der Waals surface area contributed by atoms with E-state index in [0.29, 0.717) is 6.42 Å². The highest BCUT2D eigenvalue weighted by atomic mass is 35.5. The van der Waals surface area contributed by atoms with Crippen LogP contribution in [0.5, 0.6) is 0 Å². The predicted molar refractivity (Wildman–Crippen MR) is 88.4 cm³/mol. The van der Waals surface area contributed by atoms with Crippen LogP contribution in [0.25, 0.3) is 0 Å². The van der Waals surface area contributed by atoms with Gasteiger partial charge in [-0.3, -0.25) is 0 Å². The first-order valence-electron chi connectivity index (χ1n) is 5.39. The minimum Gasteiger partial charge on any atom is -0.126 e. The average Bonchev–Trinajstić information content (AvgIpc) is 2.62. The van der Waals surface area contributed by atoms with Crippen molar-refractivity contribution < 1.29 is 0 Å². The molecule has 0 amide bonds. The SMILES string of the molecule is ClCC1(C(Cl)Cl)C2CC(Cl)(Cl)C1(C(Cl)Cl)[C@H](Cl)[C@H]2Cl. The zero-order valence-electron chi connectivity index (χ0n) is 9.20. The van der Waals surface area contributed by atoms with E-state index in [1.54, 1.807) is 0 Å². The minimum atomic E-state index is -1.29. The summed E-state index contributed by atoms with van der Waals surface area (Å²) < 4.78 is -1.29. The lowest BCUT2D eigenvalue weighted by Gasteiger charge is -2.50. The number of fused-ring (bicyclic) bond motifs is 2. The standard InChI is InChI=1S/C10H9Cl9/c11-2-8(6(14)15)3-1-9(18,19)10(8,7(16)17)5(13)4(3)12/h3-7H,1-2H2/t3?,4-,5+,8?,10?/m0/s1. The first kappa shape index (κ1) is 18.0. The van der Waals surface area contributed by atoms with Gasteiger partial charge in [0.2, 0.25) is 0 Å². The molecule has 0 aromatic rings. The van der Waals surface area contributed by atoms with Crippen molar-refractivity contribution in [2.75, 3.05) is 5.88 Å². The summed E-state index contributed by atoms with van der Waals surface area (Å²) in [4.78, 5) is -1.89. The molecule has 0 N–H and O–H groups in total. The molecule has 2 aliphatic carbocycles. The zero-order chi connectivity index (χ0) is 14.8. The van der Waals surface area contributed by atoms with Crippen LogP contribution >= 0.6 is 104 Å². The molecule has 0 heterocycles. The zero-order valence-corrected chi connectivity index (χ0v) is 16.0. The summed E-state index contributed by atoms with van der Waals surface area (Å²) in [5.74, 6) is -0.192. The largest absolute Gasteiger partial charge is 0.129 e. The van der Waals surface area contributed by atoms with Crippen molar-refractivity contribution in [1.29, 1.82) is 0 Å². The molecule has 2 rings (SSSR count). The molecule has 0 aromatic carbocycles. The van der Waals surface area contributed by atoms with E-state index in [1.165, 1.54) is 0 Å². The minimum absolute atomic E-state index is 0.0684. The third-order valence-electron chi connectivity index (χ3n) is 4.57. The van der Waals surface area contributed by atoms with E-state index in [-0.39, 0.29) is 11.8 Å². The normalized spacial score (nSPS) is 48.5. The molecular formula is C10H9Cl9. The van der Waals surface area contributed by atoms with E-state index in [0.717, 1.165) is 0 Å². The molecule has 0 saturated heterocycles. The van der Waals surface area contributed by atoms with E-state index in [2.05, 4.69) is 0 Å². The predicted octanol–water partition coefficient (Wildman–Crippen LogP) is 6.23. The Hall–Kier alpha value is 2.61. The van der Waals surface area contributed by atoms with Gasteiger partial charge in [0.05, 0.1) is 16.2 Å². The number of hydrogen-bond donors (Lipinski definition) is 0. The van der Waals surface area contributed by atoms with Crippen molar-refractivity contribution in [3.63, 3.8) is 0 Å². The highest BCUT2D eigenvalue weighted by molar-refractivity contribution is 6.54. The van der Waals surface area contributed by atoms with Crippen molar-refractivity contribution >= 4 is 104 Å². The third kappa shape index (κ3) is 1.94. The van der Waals surface area contributed by atoms with Gasteiger partial charge >= 0.3 is 0 Å². The second-order valence-electron chi connectivity index (χ2n) is 5.01. The maximum Gasteiger partial charge on any atom is 0.129 e. The van der Waals surface area contributed by atoms with Crippen LogP contribution in [-0.2, 0) is 0 Å². The van der Waals surface area contributed by atoms with Crippen LogP contribution in [-0.4, -0.2) is 30.6 Å². The van der Waals surface area contributed by atoms with Crippen LogP contribution < -0.4 is 0 Å². The van der Waals surface area contributed by atoms with Gasteiger partial charge in [-0.05, 0) is 12.3 Å². The van der Waals surface area contributed by atoms with Crippen LogP contribution in [0.15, 0.2) is 0 Å². The van der Waals surface area contributed by atoms with Crippen molar-refractivity contribution in [2.45, 2.75) is 31.2 Å². The molecule has 0 radical (unpaired) electrons. The fourth-order valence-electron chi connectivity index (χ4n) is 3.68. The number of alkyl halides is 9. The Kier molecular flexibility index (Phi) is 5.30. The molecular weight excluding hydrogens is 439 g/mol. The second kappa shape index (κ2) is 5.60. The summed E-state index contributed by atoms with van der Waals surface area (Å²) >= 11 is 56.7. The summed E-state index contributed by atoms with van der Waals surface area (Å²) in [5, 5.41) is -1.13. The lowest BCUT2D eigenvalue weighted by Crippen LogP contribution is -2.58.